The molecule has 6 aromatic carbocycles. The number of halogens is 7. The molecular formula is C90H109Cl4F3N2O33. The third-order valence-corrected chi connectivity index (χ3v) is 19.1. The highest BCUT2D eigenvalue weighted by molar-refractivity contribution is 6.42. The number of nitrogens with zero attached hydrogens (tertiary/aromatic N) is 2. The van der Waals surface area contributed by atoms with E-state index in [2.05, 4.69) is 0 Å². The molecule has 0 aromatic heterocycles. The van der Waals surface area contributed by atoms with E-state index in [4.69, 9.17) is 74.8 Å². The maximum atomic E-state index is 13.8. The number of anilines is 1. The Morgan fingerprint density at radius 1 is 0.356 bits per heavy atom. The Hall–Kier alpha value is -11.5. The van der Waals surface area contributed by atoms with E-state index < -0.39 is 186 Å². The molecule has 0 aliphatic carbocycles. The van der Waals surface area contributed by atoms with E-state index in [1.165, 1.54) is 102 Å². The molecular weight excluding hydrogens is 1840 g/mol. The van der Waals surface area contributed by atoms with E-state index in [1.54, 1.807) is 137 Å². The van der Waals surface area contributed by atoms with E-state index in [9.17, 15) is 147 Å². The van der Waals surface area contributed by atoms with Crippen LogP contribution in [0.15, 0.2) is 121 Å². The Bertz CT molecular complexity index is 4970. The lowest BCUT2D eigenvalue weighted by molar-refractivity contribution is -0.384. The summed E-state index contributed by atoms with van der Waals surface area (Å²) in [6, 6.07) is 27.9. The maximum absolute atomic E-state index is 13.8. The summed E-state index contributed by atoms with van der Waals surface area (Å²) in [6.07, 6.45) is -0.700. The monoisotopic (exact) mass is 1940 g/mol. The summed E-state index contributed by atoms with van der Waals surface area (Å²) in [5.41, 5.74) is -18.6. The molecule has 1 fully saturated rings. The van der Waals surface area contributed by atoms with E-state index in [-0.39, 0.29) is 46.5 Å². The summed E-state index contributed by atoms with van der Waals surface area (Å²) in [4.78, 5) is 162. The van der Waals surface area contributed by atoms with Crippen LogP contribution in [0.25, 0.3) is 0 Å². The molecule has 0 atom stereocenters. The molecule has 0 bridgehead atoms. The van der Waals surface area contributed by atoms with Gasteiger partial charge in [0.05, 0.1) is 48.6 Å². The first kappa shape index (κ1) is 117. The molecule has 1 heterocycles. The van der Waals surface area contributed by atoms with Gasteiger partial charge in [-0.05, 0) is 226 Å². The number of aliphatic carboxylic acids is 12. The van der Waals surface area contributed by atoms with Crippen molar-refractivity contribution in [2.45, 2.75) is 257 Å². The van der Waals surface area contributed by atoms with Gasteiger partial charge in [-0.15, -0.1) is 0 Å². The van der Waals surface area contributed by atoms with Crippen LogP contribution in [0.2, 0.25) is 20.1 Å². The molecule has 42 heteroatoms. The average Bonchev–Trinajstić information content (AvgIpc) is 0.845. The van der Waals surface area contributed by atoms with Crippen LogP contribution in [0.1, 0.15) is 183 Å². The lowest BCUT2D eigenvalue weighted by atomic mass is 9.92. The predicted molar refractivity (Wildman–Crippen MR) is 471 cm³/mol. The van der Waals surface area contributed by atoms with Crippen molar-refractivity contribution in [3.8, 4) is 0 Å². The number of nitro benzene ring substituents is 1. The summed E-state index contributed by atoms with van der Waals surface area (Å²) in [5, 5.41) is 124. The first-order chi connectivity index (χ1) is 59.9. The smallest absolute Gasteiger partial charge is 0.348 e. The molecule has 1 amide bonds. The molecule has 0 radical (unpaired) electrons. The number of carboxylic acid groups (broad SMARTS) is 12. The number of non-ortho nitro benzene ring substituents is 1. The molecule has 1 aliphatic heterocycles. The van der Waals surface area contributed by atoms with Crippen LogP contribution in [-0.4, -0.2) is 217 Å². The Morgan fingerprint density at radius 2 is 0.636 bits per heavy atom. The third-order valence-electron chi connectivity index (χ3n) is 17.7. The number of benzene rings is 6. The van der Waals surface area contributed by atoms with Gasteiger partial charge < -0.3 is 94.6 Å². The summed E-state index contributed by atoms with van der Waals surface area (Å²) in [5.74, 6) is -22.5. The van der Waals surface area contributed by atoms with Crippen LogP contribution < -0.4 is 4.90 Å². The largest absolute Gasteiger partial charge is 0.479 e. The van der Waals surface area contributed by atoms with Gasteiger partial charge in [0.1, 0.15) is 17.5 Å². The second-order valence-electron chi connectivity index (χ2n) is 35.8. The van der Waals surface area contributed by atoms with Crippen molar-refractivity contribution in [3.05, 3.63) is 208 Å². The van der Waals surface area contributed by atoms with Gasteiger partial charge in [0.15, 0.2) is 0 Å². The normalized spacial score (nSPS) is 12.9. The van der Waals surface area contributed by atoms with Gasteiger partial charge >= 0.3 is 71.6 Å². The number of piperidine rings is 1. The first-order valence-electron chi connectivity index (χ1n) is 39.7. The highest BCUT2D eigenvalue weighted by atomic mass is 35.5. The number of carboxylic acids is 12. The third kappa shape index (κ3) is 34.3. The van der Waals surface area contributed by atoms with Crippen molar-refractivity contribution in [2.24, 2.45) is 0 Å². The molecule has 1 aliphatic rings. The molecule has 12 N–H and O–H groups in total. The number of hydrogen-bond donors (Lipinski definition) is 12. The number of rotatable bonds is 32. The zero-order valence-electron chi connectivity index (χ0n) is 75.6. The van der Waals surface area contributed by atoms with Crippen LogP contribution in [0, 0.1) is 34.5 Å². The van der Waals surface area contributed by atoms with Crippen molar-refractivity contribution in [1.29, 1.82) is 0 Å². The van der Waals surface area contributed by atoms with E-state index in [0.717, 1.165) is 42.3 Å². The molecule has 132 heavy (non-hydrogen) atoms. The lowest BCUT2D eigenvalue weighted by Gasteiger charge is -2.33. The van der Waals surface area contributed by atoms with Gasteiger partial charge in [-0.2, -0.15) is 0 Å². The first-order valence-corrected chi connectivity index (χ1v) is 41.2. The highest BCUT2D eigenvalue weighted by Crippen LogP contribution is 2.37. The minimum absolute atomic E-state index is 0.0263. The molecule has 0 saturated carbocycles. The summed E-state index contributed by atoms with van der Waals surface area (Å²) < 4.78 is 73.2. The number of carbonyl (C=O) groups excluding carboxylic acids is 1. The summed E-state index contributed by atoms with van der Waals surface area (Å²) in [7, 11) is 0. The van der Waals surface area contributed by atoms with Crippen LogP contribution in [-0.2, 0) is 129 Å². The van der Waals surface area contributed by atoms with Crippen LogP contribution >= 0.6 is 46.4 Å². The summed E-state index contributed by atoms with van der Waals surface area (Å²) >= 11 is 23.1. The summed E-state index contributed by atoms with van der Waals surface area (Å²) in [6.45, 7) is 30.4. The van der Waals surface area contributed by atoms with Gasteiger partial charge in [-0.1, -0.05) is 107 Å². The fourth-order valence-corrected chi connectivity index (χ4v) is 13.1. The van der Waals surface area contributed by atoms with Gasteiger partial charge in [0, 0.05) is 84.9 Å². The fourth-order valence-electron chi connectivity index (χ4n) is 12.5. The zero-order chi connectivity index (χ0) is 102. The minimum atomic E-state index is -2.83. The molecule has 35 nitrogen and oxygen atoms in total. The van der Waals surface area contributed by atoms with E-state index in [0.29, 0.717) is 45.3 Å². The lowest BCUT2D eigenvalue weighted by Crippen LogP contribution is -2.55. The van der Waals surface area contributed by atoms with Crippen molar-refractivity contribution in [3.63, 3.8) is 0 Å². The number of ether oxygens (including phenoxy) is 6. The standard InChI is InChI=1S/C19H25NO6.C15H19ClO5.C14H16Cl2O5.C14H15ClF2O5.C14H17FO5.C14H17NO7/c1-18(2,3)26-19(16(22)23,17(24)25)12-13-7-9-14(10-8-13)20-11-5-4-6-15(20)21;1-9-7-10(5-6-11(9)16)8-15(12(17)18,13(19)20)21-14(2,3)4;1-13(2,3)21-14(11(17)18,12(19)20)7-8-4-5-9(15)10(16)6-8;1-13(2,3)22-14(11(18)19,12(20)21)6-8-9(16)4-7(15)5-10(8)17;1-13(2,3)20-14(11(16)17,12(18)19)8-9-6-4-5-7-10(9)15;1-13(2,3)22-14(11(16)17,12(18)19)8-9-4-6-10(7-5-9)15(20)21/h7-10H,4-6,11-12H2,1-3H3,(H,22,23)(H,24,25);5-7H,8H2,1-4H3,(H,17,18)(H,19,20);4-6H,7H2,1-3H3,(H,17,18)(H,19,20);4-5H,6H2,1-3H3,(H,18,19)(H,20,21);4-7H,8H2,1-3H3,(H,16,17)(H,18,19);4-7H,8H2,1-3H3,(H,16,17)(H,18,19). The van der Waals surface area contributed by atoms with Gasteiger partial charge in [-0.3, -0.25) is 14.9 Å². The molecule has 0 unspecified atom stereocenters. The number of aryl methyl sites for hydroxylation is 1. The SMILES string of the molecule is CC(C)(C)OC(Cc1c(F)cc(Cl)cc1F)(C(=O)O)C(=O)O.CC(C)(C)OC(Cc1ccc(Cl)c(Cl)c1)(C(=O)O)C(=O)O.CC(C)(C)OC(Cc1ccc(N2CCCCC2=O)cc1)(C(=O)O)C(=O)O.CC(C)(C)OC(Cc1ccc([N+](=O)[O-])cc1)(C(=O)O)C(=O)O.CC(C)(C)OC(Cc1ccccc1F)(C(=O)O)C(=O)O.Cc1cc(CC(OC(C)(C)C)(C(=O)O)C(=O)O)ccc1Cl. The highest BCUT2D eigenvalue weighted by Gasteiger charge is 2.57. The number of nitro groups is 1. The van der Waals surface area contributed by atoms with Crippen molar-refractivity contribution in [2.75, 3.05) is 11.4 Å². The molecule has 726 valence electrons. The fraction of sp³-hybridized carbons (Fsp3) is 0.456. The van der Waals surface area contributed by atoms with Gasteiger partial charge in [0.2, 0.25) is 5.91 Å². The number of amides is 1. The predicted octanol–water partition coefficient (Wildman–Crippen LogP) is 15.5. The van der Waals surface area contributed by atoms with Gasteiger partial charge in [-0.25, -0.2) is 70.7 Å². The maximum Gasteiger partial charge on any atom is 0.348 e. The molecule has 6 aromatic rings. The second-order valence-corrected chi connectivity index (χ2v) is 37.5. The van der Waals surface area contributed by atoms with E-state index in [1.807, 2.05) is 0 Å². The Labute approximate surface area is 777 Å². The van der Waals surface area contributed by atoms with Crippen molar-refractivity contribution in [1.82, 2.24) is 0 Å². The van der Waals surface area contributed by atoms with Gasteiger partial charge in [0.25, 0.3) is 39.3 Å². The quantitative estimate of drug-likeness (QED) is 0.0106. The average molecular weight is 1950 g/mol. The van der Waals surface area contributed by atoms with Crippen LogP contribution in [0.5, 0.6) is 0 Å². The Morgan fingerprint density at radius 3 is 0.924 bits per heavy atom. The van der Waals surface area contributed by atoms with Crippen molar-refractivity contribution >= 4 is 135 Å². The van der Waals surface area contributed by atoms with Crippen LogP contribution in [0.4, 0.5) is 24.5 Å². The minimum Gasteiger partial charge on any atom is -0.479 e. The number of carbonyl (C=O) groups is 13. The van der Waals surface area contributed by atoms with Crippen molar-refractivity contribution < 1.29 is 170 Å². The number of hydrogen-bond acceptors (Lipinski definition) is 21. The molecule has 7 rings (SSSR count). The van der Waals surface area contributed by atoms with E-state index >= 15 is 0 Å². The molecule has 0 spiro atoms. The zero-order valence-corrected chi connectivity index (χ0v) is 78.6. The topological polar surface area (TPSA) is 566 Å². The molecule has 1 saturated heterocycles. The Balaban J connectivity index is 0.000000537. The van der Waals surface area contributed by atoms with Crippen LogP contribution in [0.3, 0.4) is 0 Å². The second kappa shape index (κ2) is 46.8. The Kier molecular flexibility index (Phi) is 41.3.